The van der Waals surface area contributed by atoms with Crippen LogP contribution in [0.25, 0.3) is 0 Å². The van der Waals surface area contributed by atoms with Gasteiger partial charge in [-0.1, -0.05) is 25.1 Å². The zero-order valence-corrected chi connectivity index (χ0v) is 12.1. The van der Waals surface area contributed by atoms with Gasteiger partial charge in [0.05, 0.1) is 12.3 Å². The molecule has 18 heavy (non-hydrogen) atoms. The molecule has 0 radical (unpaired) electrons. The number of hydroxylamine groups is 1. The maximum atomic E-state index is 12.1. The number of hydrogen-bond acceptors (Lipinski definition) is 2. The minimum Gasteiger partial charge on any atom is -0.270 e. The van der Waals surface area contributed by atoms with Gasteiger partial charge in [-0.2, -0.15) is 5.06 Å². The van der Waals surface area contributed by atoms with Crippen LogP contribution >= 0.6 is 11.6 Å². The normalized spacial score (nSPS) is 12.3. The zero-order valence-electron chi connectivity index (χ0n) is 11.4. The fraction of sp³-hybridized carbons (Fsp3) is 0.500. The fourth-order valence-corrected chi connectivity index (χ4v) is 1.91. The third-order valence-electron chi connectivity index (χ3n) is 2.70. The van der Waals surface area contributed by atoms with Crippen molar-refractivity contribution < 1.29 is 9.63 Å². The summed E-state index contributed by atoms with van der Waals surface area (Å²) in [6.45, 7) is 7.94. The van der Waals surface area contributed by atoms with E-state index in [1.54, 1.807) is 6.92 Å². The highest BCUT2D eigenvalue weighted by atomic mass is 35.5. The van der Waals surface area contributed by atoms with Crippen LogP contribution in [-0.4, -0.2) is 17.9 Å². The molecule has 0 N–H and O–H groups in total. The highest BCUT2D eigenvalue weighted by molar-refractivity contribution is 6.32. The summed E-state index contributed by atoms with van der Waals surface area (Å²) < 4.78 is 0. The Kier molecular flexibility index (Phi) is 5.63. The van der Waals surface area contributed by atoms with E-state index in [0.717, 1.165) is 23.2 Å². The van der Waals surface area contributed by atoms with Crippen molar-refractivity contribution in [1.82, 2.24) is 0 Å². The topological polar surface area (TPSA) is 29.5 Å². The molecule has 0 aromatic heterocycles. The van der Waals surface area contributed by atoms with E-state index in [2.05, 4.69) is 6.92 Å². The molecular formula is C14H20ClNO2. The van der Waals surface area contributed by atoms with Crippen LogP contribution < -0.4 is 5.06 Å². The first-order valence-electron chi connectivity index (χ1n) is 6.22. The molecule has 0 saturated carbocycles. The Hall–Kier alpha value is -1.06. The number of rotatable bonds is 5. The average Bonchev–Trinajstić information content (AvgIpc) is 2.35. The van der Waals surface area contributed by atoms with Crippen molar-refractivity contribution in [3.63, 3.8) is 0 Å². The second-order valence-corrected chi connectivity index (χ2v) is 4.76. The SMILES string of the molecule is CCON(C(=O)C(C)Cl)c1c(C)cccc1CC. The van der Waals surface area contributed by atoms with E-state index in [0.29, 0.717) is 6.61 Å². The van der Waals surface area contributed by atoms with Crippen molar-refractivity contribution in [3.05, 3.63) is 29.3 Å². The number of nitrogens with zero attached hydrogens (tertiary/aromatic N) is 1. The number of carbonyl (C=O) groups is 1. The number of para-hydroxylation sites is 1. The maximum Gasteiger partial charge on any atom is 0.268 e. The quantitative estimate of drug-likeness (QED) is 0.605. The van der Waals surface area contributed by atoms with E-state index < -0.39 is 5.38 Å². The largest absolute Gasteiger partial charge is 0.270 e. The summed E-state index contributed by atoms with van der Waals surface area (Å²) in [4.78, 5) is 17.6. The van der Waals surface area contributed by atoms with Crippen LogP contribution in [0.1, 0.15) is 31.9 Å². The summed E-state index contributed by atoms with van der Waals surface area (Å²) >= 11 is 5.89. The third kappa shape index (κ3) is 3.24. The van der Waals surface area contributed by atoms with E-state index in [9.17, 15) is 4.79 Å². The van der Waals surface area contributed by atoms with Gasteiger partial charge in [-0.05, 0) is 38.3 Å². The van der Waals surface area contributed by atoms with Gasteiger partial charge in [-0.15, -0.1) is 11.6 Å². The first-order valence-corrected chi connectivity index (χ1v) is 6.66. The Morgan fingerprint density at radius 1 is 1.44 bits per heavy atom. The number of benzene rings is 1. The Bertz CT molecular complexity index is 418. The lowest BCUT2D eigenvalue weighted by Gasteiger charge is -2.26. The van der Waals surface area contributed by atoms with Gasteiger partial charge >= 0.3 is 0 Å². The monoisotopic (exact) mass is 269 g/mol. The van der Waals surface area contributed by atoms with Gasteiger partial charge in [0.1, 0.15) is 5.38 Å². The first-order chi connectivity index (χ1) is 8.52. The smallest absolute Gasteiger partial charge is 0.268 e. The standard InChI is InChI=1S/C14H20ClNO2/c1-5-12-9-7-8-10(3)13(12)16(18-6-2)14(17)11(4)15/h7-9,11H,5-6H2,1-4H3. The second kappa shape index (κ2) is 6.76. The number of carbonyl (C=O) groups excluding carboxylic acids is 1. The Labute approximate surface area is 114 Å². The molecule has 1 aromatic carbocycles. The number of aryl methyl sites for hydroxylation is 2. The minimum absolute atomic E-state index is 0.234. The molecule has 0 saturated heterocycles. The van der Waals surface area contributed by atoms with E-state index in [1.807, 2.05) is 32.0 Å². The van der Waals surface area contributed by atoms with Crippen molar-refractivity contribution in [2.75, 3.05) is 11.7 Å². The fourth-order valence-electron chi connectivity index (χ4n) is 1.82. The summed E-state index contributed by atoms with van der Waals surface area (Å²) in [5.41, 5.74) is 2.90. The van der Waals surface area contributed by atoms with Gasteiger partial charge in [0.15, 0.2) is 0 Å². The van der Waals surface area contributed by atoms with Crippen molar-refractivity contribution in [2.45, 2.75) is 39.5 Å². The molecule has 1 aromatic rings. The third-order valence-corrected chi connectivity index (χ3v) is 2.89. The second-order valence-electron chi connectivity index (χ2n) is 4.10. The van der Waals surface area contributed by atoms with Crippen LogP contribution in [0, 0.1) is 6.92 Å². The van der Waals surface area contributed by atoms with Gasteiger partial charge < -0.3 is 0 Å². The minimum atomic E-state index is -0.610. The Morgan fingerprint density at radius 3 is 2.61 bits per heavy atom. The molecule has 0 bridgehead atoms. The maximum absolute atomic E-state index is 12.1. The molecule has 1 amide bonds. The van der Waals surface area contributed by atoms with Crippen LogP contribution in [0.4, 0.5) is 5.69 Å². The van der Waals surface area contributed by atoms with Gasteiger partial charge in [-0.3, -0.25) is 9.63 Å². The van der Waals surface area contributed by atoms with Crippen LogP contribution in [0.5, 0.6) is 0 Å². The van der Waals surface area contributed by atoms with Crippen molar-refractivity contribution in [3.8, 4) is 0 Å². The summed E-state index contributed by atoms with van der Waals surface area (Å²) in [6.07, 6.45) is 0.838. The van der Waals surface area contributed by atoms with Crippen LogP contribution in [-0.2, 0) is 16.1 Å². The highest BCUT2D eigenvalue weighted by Crippen LogP contribution is 2.27. The van der Waals surface area contributed by atoms with E-state index in [4.69, 9.17) is 16.4 Å². The molecule has 0 aliphatic heterocycles. The van der Waals surface area contributed by atoms with Gasteiger partial charge in [0, 0.05) is 0 Å². The number of amides is 1. The Morgan fingerprint density at radius 2 is 2.11 bits per heavy atom. The highest BCUT2D eigenvalue weighted by Gasteiger charge is 2.24. The number of alkyl halides is 1. The summed E-state index contributed by atoms with van der Waals surface area (Å²) in [5.74, 6) is -0.234. The molecule has 100 valence electrons. The lowest BCUT2D eigenvalue weighted by molar-refractivity contribution is -0.125. The van der Waals surface area contributed by atoms with Crippen molar-refractivity contribution in [1.29, 1.82) is 0 Å². The van der Waals surface area contributed by atoms with Crippen LogP contribution in [0.15, 0.2) is 18.2 Å². The van der Waals surface area contributed by atoms with Gasteiger partial charge in [0.2, 0.25) is 0 Å². The molecular weight excluding hydrogens is 250 g/mol. The summed E-state index contributed by atoms with van der Waals surface area (Å²) in [6, 6.07) is 5.95. The zero-order chi connectivity index (χ0) is 13.7. The van der Waals surface area contributed by atoms with Crippen molar-refractivity contribution in [2.24, 2.45) is 0 Å². The molecule has 0 spiro atoms. The molecule has 0 heterocycles. The van der Waals surface area contributed by atoms with Gasteiger partial charge in [-0.25, -0.2) is 0 Å². The van der Waals surface area contributed by atoms with Crippen molar-refractivity contribution >= 4 is 23.2 Å². The predicted molar refractivity (Wildman–Crippen MR) is 75.0 cm³/mol. The predicted octanol–water partition coefficient (Wildman–Crippen LogP) is 3.47. The average molecular weight is 270 g/mol. The summed E-state index contributed by atoms with van der Waals surface area (Å²) in [5, 5.41) is 0.729. The molecule has 0 fully saturated rings. The molecule has 1 atom stereocenters. The number of anilines is 1. The lowest BCUT2D eigenvalue weighted by Crippen LogP contribution is -2.37. The number of hydrogen-bond donors (Lipinski definition) is 0. The Balaban J connectivity index is 3.24. The van der Waals surface area contributed by atoms with E-state index in [-0.39, 0.29) is 5.91 Å². The first kappa shape index (κ1) is 15.0. The lowest BCUT2D eigenvalue weighted by atomic mass is 10.1. The number of halogens is 1. The molecule has 0 aliphatic carbocycles. The molecule has 4 heteroatoms. The molecule has 3 nitrogen and oxygen atoms in total. The molecule has 0 aliphatic rings. The van der Waals surface area contributed by atoms with Crippen LogP contribution in [0.3, 0.4) is 0 Å². The van der Waals surface area contributed by atoms with E-state index >= 15 is 0 Å². The summed E-state index contributed by atoms with van der Waals surface area (Å²) in [7, 11) is 0. The van der Waals surface area contributed by atoms with E-state index in [1.165, 1.54) is 5.06 Å². The van der Waals surface area contributed by atoms with Gasteiger partial charge in [0.25, 0.3) is 5.91 Å². The molecule has 1 unspecified atom stereocenters. The van der Waals surface area contributed by atoms with Crippen LogP contribution in [0.2, 0.25) is 0 Å². The molecule has 1 rings (SSSR count).